The molecule has 1 unspecified atom stereocenters. The summed E-state index contributed by atoms with van der Waals surface area (Å²) in [6, 6.07) is 0. The van der Waals surface area contributed by atoms with E-state index < -0.39 is 6.10 Å². The Morgan fingerprint density at radius 2 is 2.00 bits per heavy atom. The molecule has 1 radical (unpaired) electrons. The summed E-state index contributed by atoms with van der Waals surface area (Å²) in [6.45, 7) is 3.56. The van der Waals surface area contributed by atoms with Crippen LogP contribution in [-0.4, -0.2) is 18.5 Å². The molecular weight excluding hydrogens is 140 g/mol. The van der Waals surface area contributed by atoms with E-state index in [1.165, 1.54) is 19.3 Å². The first-order valence-corrected chi connectivity index (χ1v) is 4.27. The van der Waals surface area contributed by atoms with Crippen molar-refractivity contribution in [2.24, 2.45) is 0 Å². The zero-order valence-corrected chi connectivity index (χ0v) is 6.79. The van der Waals surface area contributed by atoms with Gasteiger partial charge in [-0.25, -0.2) is 0 Å². The Hall–Kier alpha value is -0.370. The molecule has 1 aliphatic rings. The summed E-state index contributed by atoms with van der Waals surface area (Å²) in [4.78, 5) is 10.2. The molecule has 1 saturated carbocycles. The summed E-state index contributed by atoms with van der Waals surface area (Å²) < 4.78 is 5.36. The highest BCUT2D eigenvalue weighted by Gasteiger charge is 2.15. The van der Waals surface area contributed by atoms with Crippen molar-refractivity contribution in [1.82, 2.24) is 0 Å². The second-order valence-electron chi connectivity index (χ2n) is 3.07. The normalized spacial score (nSPS) is 23.0. The van der Waals surface area contributed by atoms with Crippen LogP contribution in [0.4, 0.5) is 0 Å². The molecule has 0 aromatic rings. The van der Waals surface area contributed by atoms with Crippen molar-refractivity contribution in [3.63, 3.8) is 0 Å². The van der Waals surface area contributed by atoms with Gasteiger partial charge in [0.05, 0.1) is 6.10 Å². The van der Waals surface area contributed by atoms with Crippen LogP contribution in [0, 0.1) is 6.92 Å². The van der Waals surface area contributed by atoms with Crippen molar-refractivity contribution in [3.8, 4) is 0 Å². The molecule has 0 bridgehead atoms. The minimum absolute atomic E-state index is 0.288. The van der Waals surface area contributed by atoms with Crippen LogP contribution in [-0.2, 0) is 9.53 Å². The quantitative estimate of drug-likeness (QED) is 0.580. The molecule has 2 nitrogen and oxygen atoms in total. The largest absolute Gasteiger partial charge is 0.368 e. The molecule has 1 atom stereocenters. The molecule has 0 aromatic carbocycles. The molecule has 0 saturated heterocycles. The smallest absolute Gasteiger partial charge is 0.148 e. The van der Waals surface area contributed by atoms with E-state index in [0.29, 0.717) is 0 Å². The molecule has 0 aromatic heterocycles. The van der Waals surface area contributed by atoms with E-state index in [9.17, 15) is 4.79 Å². The third-order valence-corrected chi connectivity index (χ3v) is 2.07. The van der Waals surface area contributed by atoms with Crippen LogP contribution in [0.5, 0.6) is 0 Å². The van der Waals surface area contributed by atoms with Gasteiger partial charge in [0.25, 0.3) is 0 Å². The summed E-state index contributed by atoms with van der Waals surface area (Å²) in [6.07, 6.45) is 6.55. The summed E-state index contributed by atoms with van der Waals surface area (Å²) in [5.74, 6) is 0. The van der Waals surface area contributed by atoms with Crippen molar-refractivity contribution in [1.29, 1.82) is 0 Å². The fourth-order valence-electron chi connectivity index (χ4n) is 1.48. The van der Waals surface area contributed by atoms with E-state index in [1.54, 1.807) is 0 Å². The third kappa shape index (κ3) is 3.02. The second-order valence-corrected chi connectivity index (χ2v) is 3.07. The maximum absolute atomic E-state index is 10.2. The lowest BCUT2D eigenvalue weighted by Gasteiger charge is -2.23. The fourth-order valence-corrected chi connectivity index (χ4v) is 1.48. The fraction of sp³-hybridized carbons (Fsp3) is 0.778. The molecule has 0 N–H and O–H groups in total. The van der Waals surface area contributed by atoms with Gasteiger partial charge in [0.15, 0.2) is 0 Å². The van der Waals surface area contributed by atoms with Gasteiger partial charge in [-0.05, 0) is 19.8 Å². The van der Waals surface area contributed by atoms with E-state index in [0.717, 1.165) is 19.1 Å². The van der Waals surface area contributed by atoms with Gasteiger partial charge in [0.1, 0.15) is 12.4 Å². The molecule has 0 spiro atoms. The van der Waals surface area contributed by atoms with Gasteiger partial charge in [0.2, 0.25) is 0 Å². The predicted octanol–water partition coefficient (Wildman–Crippen LogP) is 1.74. The molecule has 0 amide bonds. The average molecular weight is 155 g/mol. The van der Waals surface area contributed by atoms with Crippen LogP contribution >= 0.6 is 0 Å². The van der Waals surface area contributed by atoms with Gasteiger partial charge >= 0.3 is 0 Å². The first-order chi connectivity index (χ1) is 5.33. The van der Waals surface area contributed by atoms with Crippen molar-refractivity contribution < 1.29 is 9.53 Å². The van der Waals surface area contributed by atoms with E-state index in [2.05, 4.69) is 6.92 Å². The first kappa shape index (κ1) is 8.72. The SMILES string of the molecule is [CH2]C(C=O)OC1CCCCC1. The van der Waals surface area contributed by atoms with Crippen LogP contribution < -0.4 is 0 Å². The van der Waals surface area contributed by atoms with Crippen molar-refractivity contribution in [2.45, 2.75) is 44.3 Å². The van der Waals surface area contributed by atoms with Crippen molar-refractivity contribution >= 4 is 6.29 Å². The highest BCUT2D eigenvalue weighted by molar-refractivity contribution is 5.56. The van der Waals surface area contributed by atoms with Gasteiger partial charge in [0, 0.05) is 0 Å². The Labute approximate surface area is 67.9 Å². The van der Waals surface area contributed by atoms with Crippen LogP contribution in [0.2, 0.25) is 0 Å². The highest BCUT2D eigenvalue weighted by atomic mass is 16.5. The number of hydrogen-bond acceptors (Lipinski definition) is 2. The lowest BCUT2D eigenvalue weighted by atomic mass is 9.98. The highest BCUT2D eigenvalue weighted by Crippen LogP contribution is 2.20. The Kier molecular flexibility index (Phi) is 3.57. The molecule has 2 heteroatoms. The Morgan fingerprint density at radius 1 is 1.36 bits per heavy atom. The number of carbonyl (C=O) groups excluding carboxylic acids is 1. The topological polar surface area (TPSA) is 26.3 Å². The number of rotatable bonds is 3. The Balaban J connectivity index is 2.18. The molecule has 0 aliphatic heterocycles. The van der Waals surface area contributed by atoms with Crippen molar-refractivity contribution in [3.05, 3.63) is 6.92 Å². The van der Waals surface area contributed by atoms with E-state index in [4.69, 9.17) is 4.74 Å². The van der Waals surface area contributed by atoms with Gasteiger partial charge in [-0.3, -0.25) is 0 Å². The monoisotopic (exact) mass is 155 g/mol. The Bertz CT molecular complexity index is 117. The number of aldehydes is 1. The van der Waals surface area contributed by atoms with Gasteiger partial charge in [-0.15, -0.1) is 0 Å². The van der Waals surface area contributed by atoms with E-state index in [1.807, 2.05) is 0 Å². The van der Waals surface area contributed by atoms with Crippen molar-refractivity contribution in [2.75, 3.05) is 0 Å². The molecule has 0 heterocycles. The summed E-state index contributed by atoms with van der Waals surface area (Å²) in [7, 11) is 0. The number of carbonyl (C=O) groups is 1. The van der Waals surface area contributed by atoms with Gasteiger partial charge in [-0.1, -0.05) is 19.3 Å². The van der Waals surface area contributed by atoms with Gasteiger partial charge in [-0.2, -0.15) is 0 Å². The zero-order valence-electron chi connectivity index (χ0n) is 6.79. The molecule has 11 heavy (non-hydrogen) atoms. The first-order valence-electron chi connectivity index (χ1n) is 4.27. The zero-order chi connectivity index (χ0) is 8.10. The Morgan fingerprint density at radius 3 is 2.55 bits per heavy atom. The van der Waals surface area contributed by atoms with E-state index >= 15 is 0 Å². The number of hydrogen-bond donors (Lipinski definition) is 0. The number of ether oxygens (including phenoxy) is 1. The standard InChI is InChI=1S/C9H15O2/c1-8(7-10)11-9-5-3-2-4-6-9/h7-9H,1-6H2. The second kappa shape index (κ2) is 4.50. The summed E-state index contributed by atoms with van der Waals surface area (Å²) in [5, 5.41) is 0. The predicted molar refractivity (Wildman–Crippen MR) is 43.2 cm³/mol. The lowest BCUT2D eigenvalue weighted by Crippen LogP contribution is -2.23. The van der Waals surface area contributed by atoms with E-state index in [-0.39, 0.29) is 6.10 Å². The van der Waals surface area contributed by atoms with Crippen LogP contribution in [0.15, 0.2) is 0 Å². The maximum Gasteiger partial charge on any atom is 0.148 e. The average Bonchev–Trinajstić information content (AvgIpc) is 2.06. The maximum atomic E-state index is 10.2. The minimum atomic E-state index is -0.460. The molecule has 63 valence electrons. The molecule has 1 aliphatic carbocycles. The minimum Gasteiger partial charge on any atom is -0.368 e. The molecule has 1 fully saturated rings. The lowest BCUT2D eigenvalue weighted by molar-refractivity contribution is -0.119. The third-order valence-electron chi connectivity index (χ3n) is 2.07. The molecule has 1 rings (SSSR count). The molecular formula is C9H15O2. The summed E-state index contributed by atoms with van der Waals surface area (Å²) >= 11 is 0. The summed E-state index contributed by atoms with van der Waals surface area (Å²) in [5.41, 5.74) is 0. The van der Waals surface area contributed by atoms with Crippen LogP contribution in [0.25, 0.3) is 0 Å². The van der Waals surface area contributed by atoms with Gasteiger partial charge < -0.3 is 9.53 Å². The van der Waals surface area contributed by atoms with Crippen LogP contribution in [0.1, 0.15) is 32.1 Å². The van der Waals surface area contributed by atoms with Crippen LogP contribution in [0.3, 0.4) is 0 Å².